The summed E-state index contributed by atoms with van der Waals surface area (Å²) in [5.41, 5.74) is 3.57. The molecular formula is C25H32N2O3. The molecule has 5 heteroatoms. The van der Waals surface area contributed by atoms with E-state index in [9.17, 15) is 9.59 Å². The van der Waals surface area contributed by atoms with Crippen LogP contribution in [-0.4, -0.2) is 54.4 Å². The lowest BCUT2D eigenvalue weighted by Gasteiger charge is -2.35. The second-order valence-electron chi connectivity index (χ2n) is 7.90. The van der Waals surface area contributed by atoms with Crippen molar-refractivity contribution in [3.63, 3.8) is 0 Å². The van der Waals surface area contributed by atoms with E-state index in [-0.39, 0.29) is 11.8 Å². The number of hydrogen-bond donors (Lipinski definition) is 0. The lowest BCUT2D eigenvalue weighted by molar-refractivity contribution is -0.139. The highest BCUT2D eigenvalue weighted by atomic mass is 16.5. The first-order chi connectivity index (χ1) is 14.5. The minimum absolute atomic E-state index is 0.0940. The van der Waals surface area contributed by atoms with Gasteiger partial charge in [-0.15, -0.1) is 0 Å². The van der Waals surface area contributed by atoms with E-state index in [1.807, 2.05) is 47.1 Å². The molecule has 1 heterocycles. The van der Waals surface area contributed by atoms with Gasteiger partial charge in [-0.1, -0.05) is 42.5 Å². The molecule has 2 aromatic rings. The van der Waals surface area contributed by atoms with Gasteiger partial charge in [0.25, 0.3) is 0 Å². The molecule has 0 aromatic heterocycles. The smallest absolute Gasteiger partial charge is 0.226 e. The van der Waals surface area contributed by atoms with Crippen LogP contribution in [0.2, 0.25) is 0 Å². The summed E-state index contributed by atoms with van der Waals surface area (Å²) in [5.74, 6) is 1.13. The largest absolute Gasteiger partial charge is 0.493 e. The lowest BCUT2D eigenvalue weighted by Crippen LogP contribution is -2.50. The molecule has 0 unspecified atom stereocenters. The zero-order valence-corrected chi connectivity index (χ0v) is 18.1. The minimum atomic E-state index is 0.0940. The van der Waals surface area contributed by atoms with Crippen molar-refractivity contribution in [2.45, 2.75) is 39.5 Å². The average molecular weight is 409 g/mol. The summed E-state index contributed by atoms with van der Waals surface area (Å²) in [5, 5.41) is 0. The highest BCUT2D eigenvalue weighted by molar-refractivity contribution is 5.78. The van der Waals surface area contributed by atoms with E-state index in [0.29, 0.717) is 45.6 Å². The molecule has 1 aliphatic rings. The number of carbonyl (C=O) groups is 2. The van der Waals surface area contributed by atoms with E-state index in [1.165, 1.54) is 11.1 Å². The second-order valence-corrected chi connectivity index (χ2v) is 7.90. The van der Waals surface area contributed by atoms with Gasteiger partial charge in [0.1, 0.15) is 5.75 Å². The summed E-state index contributed by atoms with van der Waals surface area (Å²) in [6.45, 7) is 6.90. The molecule has 3 rings (SSSR count). The van der Waals surface area contributed by atoms with Crippen LogP contribution >= 0.6 is 0 Å². The van der Waals surface area contributed by atoms with E-state index in [2.05, 4.69) is 25.1 Å². The first kappa shape index (κ1) is 21.9. The van der Waals surface area contributed by atoms with Gasteiger partial charge < -0.3 is 14.5 Å². The van der Waals surface area contributed by atoms with Crippen LogP contribution in [0.1, 0.15) is 36.0 Å². The van der Waals surface area contributed by atoms with Crippen molar-refractivity contribution < 1.29 is 14.3 Å². The Hall–Kier alpha value is -2.82. The Morgan fingerprint density at radius 3 is 2.13 bits per heavy atom. The highest BCUT2D eigenvalue weighted by Crippen LogP contribution is 2.20. The maximum absolute atomic E-state index is 12.5. The van der Waals surface area contributed by atoms with Gasteiger partial charge in [-0.25, -0.2) is 0 Å². The summed E-state index contributed by atoms with van der Waals surface area (Å²) >= 11 is 0. The van der Waals surface area contributed by atoms with Gasteiger partial charge in [0.2, 0.25) is 11.8 Å². The van der Waals surface area contributed by atoms with Crippen LogP contribution in [0.4, 0.5) is 0 Å². The molecule has 5 nitrogen and oxygen atoms in total. The fraction of sp³-hybridized carbons (Fsp3) is 0.440. The SMILES string of the molecule is Cc1cccc(OCCC(=O)N2CCN(C(=O)CCCc3ccccc3)CC2)c1C. The molecule has 0 spiro atoms. The Balaban J connectivity index is 1.34. The maximum atomic E-state index is 12.5. The van der Waals surface area contributed by atoms with E-state index in [0.717, 1.165) is 24.2 Å². The third-order valence-corrected chi connectivity index (χ3v) is 5.81. The van der Waals surface area contributed by atoms with E-state index in [4.69, 9.17) is 4.74 Å². The number of rotatable bonds is 8. The molecule has 30 heavy (non-hydrogen) atoms. The van der Waals surface area contributed by atoms with Crippen molar-refractivity contribution in [2.75, 3.05) is 32.8 Å². The average Bonchev–Trinajstić information content (AvgIpc) is 2.77. The summed E-state index contributed by atoms with van der Waals surface area (Å²) < 4.78 is 5.81. The predicted molar refractivity (Wildman–Crippen MR) is 119 cm³/mol. The van der Waals surface area contributed by atoms with Crippen molar-refractivity contribution in [3.8, 4) is 5.75 Å². The molecule has 1 fully saturated rings. The molecular weight excluding hydrogens is 376 g/mol. The van der Waals surface area contributed by atoms with E-state index >= 15 is 0 Å². The van der Waals surface area contributed by atoms with Crippen LogP contribution in [0.5, 0.6) is 5.75 Å². The molecule has 0 aliphatic carbocycles. The van der Waals surface area contributed by atoms with Crippen LogP contribution in [0.3, 0.4) is 0 Å². The van der Waals surface area contributed by atoms with Crippen LogP contribution in [-0.2, 0) is 16.0 Å². The summed E-state index contributed by atoms with van der Waals surface area (Å²) in [6, 6.07) is 16.2. The van der Waals surface area contributed by atoms with Gasteiger partial charge in [-0.3, -0.25) is 9.59 Å². The molecule has 0 atom stereocenters. The minimum Gasteiger partial charge on any atom is -0.493 e. The fourth-order valence-corrected chi connectivity index (χ4v) is 3.74. The molecule has 2 aromatic carbocycles. The lowest BCUT2D eigenvalue weighted by atomic mass is 10.1. The number of hydrogen-bond acceptors (Lipinski definition) is 3. The van der Waals surface area contributed by atoms with Crippen LogP contribution < -0.4 is 4.74 Å². The van der Waals surface area contributed by atoms with Crippen molar-refractivity contribution in [2.24, 2.45) is 0 Å². The monoisotopic (exact) mass is 408 g/mol. The third-order valence-electron chi connectivity index (χ3n) is 5.81. The van der Waals surface area contributed by atoms with Crippen LogP contribution in [0.25, 0.3) is 0 Å². The number of carbonyl (C=O) groups excluding carboxylic acids is 2. The third kappa shape index (κ3) is 6.09. The molecule has 1 aliphatic heterocycles. The predicted octanol–water partition coefficient (Wildman–Crippen LogP) is 3.77. The highest BCUT2D eigenvalue weighted by Gasteiger charge is 2.23. The second kappa shape index (κ2) is 10.8. The van der Waals surface area contributed by atoms with E-state index < -0.39 is 0 Å². The van der Waals surface area contributed by atoms with Crippen molar-refractivity contribution in [3.05, 3.63) is 65.2 Å². The van der Waals surface area contributed by atoms with Gasteiger partial charge in [0.05, 0.1) is 13.0 Å². The number of nitrogens with zero attached hydrogens (tertiary/aromatic N) is 2. The molecule has 2 amide bonds. The first-order valence-corrected chi connectivity index (χ1v) is 10.8. The quantitative estimate of drug-likeness (QED) is 0.668. The van der Waals surface area contributed by atoms with Gasteiger partial charge in [0, 0.05) is 32.6 Å². The van der Waals surface area contributed by atoms with Gasteiger partial charge in [-0.05, 0) is 49.4 Å². The molecule has 0 bridgehead atoms. The summed E-state index contributed by atoms with van der Waals surface area (Å²) in [4.78, 5) is 28.7. The Bertz CT molecular complexity index is 843. The van der Waals surface area contributed by atoms with Crippen molar-refractivity contribution in [1.82, 2.24) is 9.80 Å². The van der Waals surface area contributed by atoms with Crippen molar-refractivity contribution >= 4 is 11.8 Å². The number of piperazine rings is 1. The first-order valence-electron chi connectivity index (χ1n) is 10.8. The zero-order valence-electron chi connectivity index (χ0n) is 18.1. The standard InChI is InChI=1S/C25H32N2O3/c1-20-8-6-12-23(21(20)2)30-19-14-25(29)27-17-15-26(16-18-27)24(28)13-7-11-22-9-4-3-5-10-22/h3-6,8-10,12H,7,11,13-19H2,1-2H3. The van der Waals surface area contributed by atoms with Crippen LogP contribution in [0, 0.1) is 13.8 Å². The Morgan fingerprint density at radius 1 is 0.833 bits per heavy atom. The van der Waals surface area contributed by atoms with Gasteiger partial charge >= 0.3 is 0 Å². The molecule has 160 valence electrons. The van der Waals surface area contributed by atoms with Gasteiger partial charge in [-0.2, -0.15) is 0 Å². The number of benzene rings is 2. The normalized spacial score (nSPS) is 13.9. The zero-order chi connectivity index (χ0) is 21.3. The molecule has 0 saturated carbocycles. The molecule has 0 N–H and O–H groups in total. The Kier molecular flexibility index (Phi) is 7.89. The summed E-state index contributed by atoms with van der Waals surface area (Å²) in [6.07, 6.45) is 2.70. The van der Waals surface area contributed by atoms with Crippen molar-refractivity contribution in [1.29, 1.82) is 0 Å². The fourth-order valence-electron chi connectivity index (χ4n) is 3.74. The molecule has 0 radical (unpaired) electrons. The topological polar surface area (TPSA) is 49.9 Å². The van der Waals surface area contributed by atoms with Gasteiger partial charge in [0.15, 0.2) is 0 Å². The van der Waals surface area contributed by atoms with E-state index in [1.54, 1.807) is 0 Å². The number of amides is 2. The number of aryl methyl sites for hydroxylation is 2. The number of ether oxygens (including phenoxy) is 1. The summed E-state index contributed by atoms with van der Waals surface area (Å²) in [7, 11) is 0. The maximum Gasteiger partial charge on any atom is 0.226 e. The molecule has 1 saturated heterocycles. The van der Waals surface area contributed by atoms with Crippen LogP contribution in [0.15, 0.2) is 48.5 Å². The Morgan fingerprint density at radius 2 is 1.47 bits per heavy atom. The Labute approximate surface area is 179 Å².